The van der Waals surface area contributed by atoms with Crippen molar-refractivity contribution in [2.24, 2.45) is 5.73 Å². The van der Waals surface area contributed by atoms with E-state index in [1.807, 2.05) is 0 Å². The molecule has 3 heterocycles. The Hall–Kier alpha value is -0.670. The van der Waals surface area contributed by atoms with Gasteiger partial charge in [-0.05, 0) is 41.5 Å². The van der Waals surface area contributed by atoms with E-state index in [0.29, 0.717) is 0 Å². The van der Waals surface area contributed by atoms with E-state index in [0.717, 1.165) is 43.3 Å². The molecule has 0 saturated carbocycles. The molecule has 1 atom stereocenters. The number of rotatable bonds is 2. The molecule has 2 aromatic rings. The molecule has 5 nitrogen and oxygen atoms in total. The molecular weight excluding hydrogens is 361 g/mol. The zero-order valence-electron chi connectivity index (χ0n) is 9.77. The lowest BCUT2D eigenvalue weighted by Gasteiger charge is -2.29. The molecule has 0 amide bonds. The standard InChI is InChI=1S/C11H14IN5S/c12-9-4-7(6-18-9)10-14-11(16-15-10)17-3-1-2-8(13)5-17/h4,6,8H,1-3,5,13H2,(H,14,15,16). The topological polar surface area (TPSA) is 70.8 Å². The first-order valence-corrected chi connectivity index (χ1v) is 7.85. The summed E-state index contributed by atoms with van der Waals surface area (Å²) in [7, 11) is 0. The van der Waals surface area contributed by atoms with Crippen molar-refractivity contribution in [2.75, 3.05) is 18.0 Å². The first-order valence-electron chi connectivity index (χ1n) is 5.90. The summed E-state index contributed by atoms with van der Waals surface area (Å²) in [5.41, 5.74) is 7.08. The third kappa shape index (κ3) is 2.52. The highest BCUT2D eigenvalue weighted by Gasteiger charge is 2.20. The number of hydrogen-bond donors (Lipinski definition) is 2. The van der Waals surface area contributed by atoms with Gasteiger partial charge in [0.25, 0.3) is 0 Å². The molecule has 0 spiro atoms. The SMILES string of the molecule is NC1CCCN(c2n[nH]c(-c3csc(I)c3)n2)C1. The maximum atomic E-state index is 5.98. The molecule has 1 aliphatic heterocycles. The quantitative estimate of drug-likeness (QED) is 0.789. The molecule has 18 heavy (non-hydrogen) atoms. The number of halogens is 1. The Bertz CT molecular complexity index is 537. The Labute approximate surface area is 123 Å². The summed E-state index contributed by atoms with van der Waals surface area (Å²) >= 11 is 4.02. The molecule has 1 fully saturated rings. The van der Waals surface area contributed by atoms with Gasteiger partial charge in [-0.3, -0.25) is 5.10 Å². The van der Waals surface area contributed by atoms with Crippen LogP contribution in [-0.2, 0) is 0 Å². The van der Waals surface area contributed by atoms with Crippen LogP contribution in [0.2, 0.25) is 0 Å². The fourth-order valence-corrected chi connectivity index (χ4v) is 3.48. The Morgan fingerprint density at radius 2 is 2.44 bits per heavy atom. The monoisotopic (exact) mass is 375 g/mol. The van der Waals surface area contributed by atoms with E-state index in [1.165, 1.54) is 2.88 Å². The lowest BCUT2D eigenvalue weighted by Crippen LogP contribution is -2.43. The van der Waals surface area contributed by atoms with Crippen molar-refractivity contribution in [1.29, 1.82) is 0 Å². The van der Waals surface area contributed by atoms with Crippen LogP contribution in [0.25, 0.3) is 11.4 Å². The van der Waals surface area contributed by atoms with E-state index in [9.17, 15) is 0 Å². The summed E-state index contributed by atoms with van der Waals surface area (Å²) in [6, 6.07) is 2.35. The molecule has 1 unspecified atom stereocenters. The maximum Gasteiger partial charge on any atom is 0.245 e. The summed E-state index contributed by atoms with van der Waals surface area (Å²) < 4.78 is 1.25. The fourth-order valence-electron chi connectivity index (χ4n) is 2.15. The molecule has 7 heteroatoms. The highest BCUT2D eigenvalue weighted by molar-refractivity contribution is 14.1. The van der Waals surface area contributed by atoms with Gasteiger partial charge in [0.2, 0.25) is 5.95 Å². The number of piperidine rings is 1. The van der Waals surface area contributed by atoms with Crippen LogP contribution < -0.4 is 10.6 Å². The number of hydrogen-bond acceptors (Lipinski definition) is 5. The minimum atomic E-state index is 0.239. The van der Waals surface area contributed by atoms with Crippen molar-refractivity contribution in [2.45, 2.75) is 18.9 Å². The van der Waals surface area contributed by atoms with Crippen molar-refractivity contribution in [3.8, 4) is 11.4 Å². The van der Waals surface area contributed by atoms with Crippen LogP contribution in [0.4, 0.5) is 5.95 Å². The van der Waals surface area contributed by atoms with E-state index in [2.05, 4.69) is 54.1 Å². The molecule has 0 radical (unpaired) electrons. The maximum absolute atomic E-state index is 5.98. The van der Waals surface area contributed by atoms with Crippen molar-refractivity contribution in [1.82, 2.24) is 15.2 Å². The summed E-state index contributed by atoms with van der Waals surface area (Å²) in [5.74, 6) is 1.60. The first-order chi connectivity index (χ1) is 8.72. The summed E-state index contributed by atoms with van der Waals surface area (Å²) in [6.07, 6.45) is 2.21. The van der Waals surface area contributed by atoms with Gasteiger partial charge in [0, 0.05) is 30.1 Å². The largest absolute Gasteiger partial charge is 0.338 e. The van der Waals surface area contributed by atoms with Gasteiger partial charge in [-0.2, -0.15) is 4.98 Å². The van der Waals surface area contributed by atoms with Crippen molar-refractivity contribution in [3.63, 3.8) is 0 Å². The normalized spacial score (nSPS) is 20.3. The zero-order chi connectivity index (χ0) is 12.5. The van der Waals surface area contributed by atoms with Gasteiger partial charge in [-0.15, -0.1) is 16.4 Å². The van der Waals surface area contributed by atoms with Crippen LogP contribution in [-0.4, -0.2) is 34.3 Å². The van der Waals surface area contributed by atoms with Gasteiger partial charge in [-0.1, -0.05) is 0 Å². The Balaban J connectivity index is 1.80. The molecular formula is C11H14IN5S. The van der Waals surface area contributed by atoms with E-state index >= 15 is 0 Å². The van der Waals surface area contributed by atoms with E-state index in [-0.39, 0.29) is 6.04 Å². The zero-order valence-corrected chi connectivity index (χ0v) is 12.7. The number of nitrogens with zero attached hydrogens (tertiary/aromatic N) is 3. The Morgan fingerprint density at radius 1 is 1.56 bits per heavy atom. The highest BCUT2D eigenvalue weighted by Crippen LogP contribution is 2.25. The van der Waals surface area contributed by atoms with E-state index in [1.54, 1.807) is 11.3 Å². The van der Waals surface area contributed by atoms with Crippen molar-refractivity contribution >= 4 is 39.9 Å². The number of nitrogens with one attached hydrogen (secondary N) is 1. The van der Waals surface area contributed by atoms with Crippen LogP contribution in [0, 0.1) is 2.88 Å². The van der Waals surface area contributed by atoms with Crippen LogP contribution in [0.15, 0.2) is 11.4 Å². The average molecular weight is 375 g/mol. The molecule has 0 aromatic carbocycles. The minimum absolute atomic E-state index is 0.239. The number of aromatic nitrogens is 3. The van der Waals surface area contributed by atoms with Gasteiger partial charge in [-0.25, -0.2) is 0 Å². The Morgan fingerprint density at radius 3 is 3.17 bits per heavy atom. The third-order valence-electron chi connectivity index (χ3n) is 3.06. The van der Waals surface area contributed by atoms with Crippen LogP contribution >= 0.6 is 33.9 Å². The molecule has 3 N–H and O–H groups in total. The lowest BCUT2D eigenvalue weighted by molar-refractivity contribution is 0.500. The first kappa shape index (κ1) is 12.4. The van der Waals surface area contributed by atoms with Gasteiger partial charge in [0.15, 0.2) is 5.82 Å². The lowest BCUT2D eigenvalue weighted by atomic mass is 10.1. The number of aromatic amines is 1. The molecule has 96 valence electrons. The molecule has 1 saturated heterocycles. The predicted octanol–water partition coefficient (Wildman–Crippen LogP) is 2.07. The molecule has 1 aliphatic rings. The smallest absolute Gasteiger partial charge is 0.245 e. The number of H-pyrrole nitrogens is 1. The average Bonchev–Trinajstić information content (AvgIpc) is 2.97. The van der Waals surface area contributed by atoms with Gasteiger partial charge in [0.05, 0.1) is 2.88 Å². The van der Waals surface area contributed by atoms with Gasteiger partial charge >= 0.3 is 0 Å². The predicted molar refractivity (Wildman–Crippen MR) is 81.8 cm³/mol. The van der Waals surface area contributed by atoms with Gasteiger partial charge < -0.3 is 10.6 Å². The van der Waals surface area contributed by atoms with Crippen molar-refractivity contribution in [3.05, 3.63) is 14.3 Å². The number of thiophene rings is 1. The highest BCUT2D eigenvalue weighted by atomic mass is 127. The van der Waals surface area contributed by atoms with Crippen LogP contribution in [0.5, 0.6) is 0 Å². The Kier molecular flexibility index (Phi) is 3.53. The summed E-state index contributed by atoms with van der Waals surface area (Å²) in [4.78, 5) is 6.72. The summed E-state index contributed by atoms with van der Waals surface area (Å²) in [5, 5.41) is 9.39. The van der Waals surface area contributed by atoms with E-state index in [4.69, 9.17) is 5.73 Å². The fraction of sp³-hybridized carbons (Fsp3) is 0.455. The third-order valence-corrected chi connectivity index (χ3v) is 4.84. The second kappa shape index (κ2) is 5.14. The van der Waals surface area contributed by atoms with Crippen molar-refractivity contribution < 1.29 is 0 Å². The molecule has 0 bridgehead atoms. The number of nitrogens with two attached hydrogens (primary N) is 1. The molecule has 3 rings (SSSR count). The second-order valence-electron chi connectivity index (χ2n) is 4.47. The summed E-state index contributed by atoms with van der Waals surface area (Å²) in [6.45, 7) is 1.84. The molecule has 2 aromatic heterocycles. The number of anilines is 1. The van der Waals surface area contributed by atoms with E-state index < -0.39 is 0 Å². The second-order valence-corrected chi connectivity index (χ2v) is 7.28. The van der Waals surface area contributed by atoms with Crippen LogP contribution in [0.1, 0.15) is 12.8 Å². The van der Waals surface area contributed by atoms with Crippen LogP contribution in [0.3, 0.4) is 0 Å². The van der Waals surface area contributed by atoms with Gasteiger partial charge in [0.1, 0.15) is 0 Å². The minimum Gasteiger partial charge on any atom is -0.338 e. The molecule has 0 aliphatic carbocycles.